The largest absolute Gasteiger partial charge is 0.449 e. The first-order chi connectivity index (χ1) is 12.6. The van der Waals surface area contributed by atoms with Gasteiger partial charge in [-0.15, -0.1) is 0 Å². The number of esters is 1. The van der Waals surface area contributed by atoms with Crippen LogP contribution in [0, 0.1) is 11.3 Å². The van der Waals surface area contributed by atoms with Crippen LogP contribution in [-0.2, 0) is 20.9 Å². The van der Waals surface area contributed by atoms with Crippen LogP contribution in [0.1, 0.15) is 26.3 Å². The Hall–Kier alpha value is -2.05. The Bertz CT molecular complexity index is 669. The first kappa shape index (κ1) is 23.0. The number of likely N-dealkylation sites (N-methyl/N-ethyl adjacent to an activating group) is 1. The van der Waals surface area contributed by atoms with Gasteiger partial charge < -0.3 is 15.2 Å². The molecule has 9 heteroatoms. The fraction of sp³-hybridized carbons (Fsp3) is 0.500. The van der Waals surface area contributed by atoms with E-state index in [1.54, 1.807) is 41.1 Å². The summed E-state index contributed by atoms with van der Waals surface area (Å²) in [6, 6.07) is 7.86. The minimum atomic E-state index is -0.850. The highest BCUT2D eigenvalue weighted by molar-refractivity contribution is 8.77. The van der Waals surface area contributed by atoms with Crippen molar-refractivity contribution in [3.63, 3.8) is 0 Å². The molecule has 1 unspecified atom stereocenters. The van der Waals surface area contributed by atoms with E-state index in [1.807, 2.05) is 0 Å². The molecule has 1 amide bonds. The van der Waals surface area contributed by atoms with Crippen LogP contribution in [-0.4, -0.2) is 47.2 Å². The molecule has 0 saturated carbocycles. The second kappa shape index (κ2) is 10.9. The highest BCUT2D eigenvalue weighted by Gasteiger charge is 2.30. The van der Waals surface area contributed by atoms with E-state index in [-0.39, 0.29) is 18.0 Å². The Morgan fingerprint density at radius 2 is 1.89 bits per heavy atom. The number of nitrogen functional groups attached to an aromatic ring is 1. The molecule has 0 aromatic heterocycles. The number of benzene rings is 1. The quantitative estimate of drug-likeness (QED) is 0.394. The van der Waals surface area contributed by atoms with Gasteiger partial charge in [0.1, 0.15) is 18.7 Å². The molecule has 1 atom stereocenters. The van der Waals surface area contributed by atoms with Gasteiger partial charge >= 0.3 is 12.1 Å². The second-order valence-corrected chi connectivity index (χ2v) is 9.84. The van der Waals surface area contributed by atoms with Crippen molar-refractivity contribution in [3.8, 4) is 6.07 Å². The van der Waals surface area contributed by atoms with E-state index in [1.165, 1.54) is 22.7 Å². The molecule has 7 nitrogen and oxygen atoms in total. The monoisotopic (exact) mass is 411 g/mol. The third-order valence-corrected chi connectivity index (χ3v) is 6.51. The second-order valence-electron chi connectivity index (χ2n) is 6.67. The number of hydrogen-bond donors (Lipinski definition) is 1. The molecule has 0 radical (unpaired) electrons. The van der Waals surface area contributed by atoms with Crippen molar-refractivity contribution < 1.29 is 19.1 Å². The summed E-state index contributed by atoms with van der Waals surface area (Å²) in [5.41, 5.74) is 7.03. The average Bonchev–Trinajstić information content (AvgIpc) is 2.61. The Kier molecular flexibility index (Phi) is 9.32. The molecular weight excluding hydrogens is 386 g/mol. The zero-order chi connectivity index (χ0) is 20.4. The predicted molar refractivity (Wildman–Crippen MR) is 109 cm³/mol. The van der Waals surface area contributed by atoms with E-state index in [0.717, 1.165) is 5.56 Å². The van der Waals surface area contributed by atoms with E-state index in [9.17, 15) is 9.59 Å². The molecular formula is C18H25N3O4S2. The van der Waals surface area contributed by atoms with Crippen LogP contribution in [0.3, 0.4) is 0 Å². The lowest BCUT2D eigenvalue weighted by molar-refractivity contribution is -0.146. The number of amides is 1. The first-order valence-electron chi connectivity index (χ1n) is 8.22. The van der Waals surface area contributed by atoms with Gasteiger partial charge in [-0.25, -0.2) is 9.59 Å². The van der Waals surface area contributed by atoms with Crippen molar-refractivity contribution >= 4 is 39.3 Å². The lowest BCUT2D eigenvalue weighted by atomic mass is 10.2. The highest BCUT2D eigenvalue weighted by Crippen LogP contribution is 2.35. The van der Waals surface area contributed by atoms with Gasteiger partial charge in [0, 0.05) is 23.2 Å². The maximum absolute atomic E-state index is 12.4. The van der Waals surface area contributed by atoms with Gasteiger partial charge in [0.15, 0.2) is 6.61 Å². The molecule has 1 aromatic carbocycles. The molecule has 0 aliphatic heterocycles. The van der Waals surface area contributed by atoms with Crippen LogP contribution in [0.15, 0.2) is 24.3 Å². The zero-order valence-electron chi connectivity index (χ0n) is 15.9. The molecule has 1 aromatic rings. The van der Waals surface area contributed by atoms with Crippen molar-refractivity contribution in [2.75, 3.05) is 25.1 Å². The van der Waals surface area contributed by atoms with Crippen LogP contribution in [0.4, 0.5) is 10.5 Å². The SMILES string of the molecule is CN(C(=O)OCc1ccc(N)cc1)C(CSSC(C)(C)C)C(=O)OCC#N. The summed E-state index contributed by atoms with van der Waals surface area (Å²) >= 11 is 0. The van der Waals surface area contributed by atoms with Crippen LogP contribution in [0.2, 0.25) is 0 Å². The molecule has 0 aliphatic rings. The third-order valence-electron chi connectivity index (χ3n) is 3.18. The minimum Gasteiger partial charge on any atom is -0.449 e. The van der Waals surface area contributed by atoms with Crippen molar-refractivity contribution in [1.82, 2.24) is 4.90 Å². The molecule has 27 heavy (non-hydrogen) atoms. The molecule has 0 aliphatic carbocycles. The van der Waals surface area contributed by atoms with Crippen molar-refractivity contribution in [3.05, 3.63) is 29.8 Å². The number of nitriles is 1. The fourth-order valence-electron chi connectivity index (χ4n) is 1.80. The number of nitrogens with two attached hydrogens (primary N) is 1. The zero-order valence-corrected chi connectivity index (χ0v) is 17.6. The smallest absolute Gasteiger partial charge is 0.410 e. The van der Waals surface area contributed by atoms with Gasteiger partial charge in [-0.05, 0) is 17.7 Å². The number of carbonyl (C=O) groups is 2. The number of ether oxygens (including phenoxy) is 2. The number of nitrogens with zero attached hydrogens (tertiary/aromatic N) is 2. The number of hydrogen-bond acceptors (Lipinski definition) is 8. The summed E-state index contributed by atoms with van der Waals surface area (Å²) in [6.45, 7) is 5.86. The predicted octanol–water partition coefficient (Wildman–Crippen LogP) is 3.45. The number of rotatable bonds is 8. The first-order valence-corrected chi connectivity index (χ1v) is 10.5. The maximum Gasteiger partial charge on any atom is 0.410 e. The Balaban J connectivity index is 2.69. The van der Waals surface area contributed by atoms with E-state index < -0.39 is 18.1 Å². The molecule has 0 heterocycles. The lowest BCUT2D eigenvalue weighted by Crippen LogP contribution is -2.45. The molecule has 0 fully saturated rings. The van der Waals surface area contributed by atoms with Gasteiger partial charge in [0.05, 0.1) is 0 Å². The highest BCUT2D eigenvalue weighted by atomic mass is 33.1. The van der Waals surface area contributed by atoms with Gasteiger partial charge in [-0.2, -0.15) is 5.26 Å². The molecule has 148 valence electrons. The third kappa shape index (κ3) is 8.93. The average molecular weight is 412 g/mol. The Morgan fingerprint density at radius 1 is 1.26 bits per heavy atom. The summed E-state index contributed by atoms with van der Waals surface area (Å²) < 4.78 is 10.2. The topological polar surface area (TPSA) is 106 Å². The van der Waals surface area contributed by atoms with Gasteiger partial charge in [-0.1, -0.05) is 54.5 Å². The summed E-state index contributed by atoms with van der Waals surface area (Å²) in [5, 5.41) is 8.61. The summed E-state index contributed by atoms with van der Waals surface area (Å²) in [6.07, 6.45) is -0.646. The Labute approximate surface area is 167 Å². The van der Waals surface area contributed by atoms with E-state index in [0.29, 0.717) is 11.4 Å². The number of carbonyl (C=O) groups excluding carboxylic acids is 2. The molecule has 0 saturated heterocycles. The molecule has 0 bridgehead atoms. The van der Waals surface area contributed by atoms with E-state index >= 15 is 0 Å². The summed E-state index contributed by atoms with van der Waals surface area (Å²) in [5.74, 6) is -0.315. The van der Waals surface area contributed by atoms with Crippen molar-refractivity contribution in [1.29, 1.82) is 5.26 Å². The van der Waals surface area contributed by atoms with Crippen molar-refractivity contribution in [2.24, 2.45) is 0 Å². The van der Waals surface area contributed by atoms with Crippen molar-refractivity contribution in [2.45, 2.75) is 38.2 Å². The maximum atomic E-state index is 12.4. The number of anilines is 1. The standard InChI is InChI=1S/C18H25N3O4S2/c1-18(2,3)27-26-12-15(16(22)24-10-9-19)21(4)17(23)25-11-13-5-7-14(20)8-6-13/h5-8,15H,10-12,20H2,1-4H3. The fourth-order valence-corrected chi connectivity index (χ4v) is 4.36. The van der Waals surface area contributed by atoms with E-state index in [2.05, 4.69) is 20.8 Å². The minimum absolute atomic E-state index is 0.0000104. The van der Waals surface area contributed by atoms with Crippen LogP contribution in [0.25, 0.3) is 0 Å². The van der Waals surface area contributed by atoms with Gasteiger partial charge in [0.25, 0.3) is 0 Å². The summed E-state index contributed by atoms with van der Waals surface area (Å²) in [4.78, 5) is 25.8. The summed E-state index contributed by atoms with van der Waals surface area (Å²) in [7, 11) is 4.54. The van der Waals surface area contributed by atoms with Crippen LogP contribution in [0.5, 0.6) is 0 Å². The van der Waals surface area contributed by atoms with Crippen LogP contribution >= 0.6 is 21.6 Å². The molecule has 1 rings (SSSR count). The lowest BCUT2D eigenvalue weighted by Gasteiger charge is -2.26. The molecule has 2 N–H and O–H groups in total. The van der Waals surface area contributed by atoms with Gasteiger partial charge in [-0.3, -0.25) is 4.90 Å². The van der Waals surface area contributed by atoms with E-state index in [4.69, 9.17) is 20.5 Å². The van der Waals surface area contributed by atoms with Gasteiger partial charge in [0.2, 0.25) is 0 Å². The normalized spacial score (nSPS) is 12.0. The molecule has 0 spiro atoms. The van der Waals surface area contributed by atoms with Crippen LogP contribution < -0.4 is 5.73 Å². The Morgan fingerprint density at radius 3 is 2.44 bits per heavy atom.